The summed E-state index contributed by atoms with van der Waals surface area (Å²) in [4.78, 5) is 8.12. The average molecular weight is 161 g/mol. The second kappa shape index (κ2) is 3.10. The molecule has 0 aliphatic heterocycles. The molecule has 0 heterocycles. The Hall–Kier alpha value is -0.0200. The highest BCUT2D eigenvalue weighted by molar-refractivity contribution is 6.45. The predicted molar refractivity (Wildman–Crippen MR) is 28.0 cm³/mol. The zero-order valence-electron chi connectivity index (χ0n) is 3.64. The standard InChI is InChI=1S/C3H3Cl2FO2/c4-2(5)1(6)3(7)8/h1-2H,(H,7,8). The third-order valence-corrected chi connectivity index (χ3v) is 0.900. The summed E-state index contributed by atoms with van der Waals surface area (Å²) in [6, 6.07) is 0. The number of carboxylic acids is 1. The van der Waals surface area contributed by atoms with E-state index >= 15 is 0 Å². The minimum absolute atomic E-state index is 1.48. The quantitative estimate of drug-likeness (QED) is 0.618. The summed E-state index contributed by atoms with van der Waals surface area (Å²) in [7, 11) is 0. The number of hydrogen-bond donors (Lipinski definition) is 1. The van der Waals surface area contributed by atoms with Crippen LogP contribution in [0.3, 0.4) is 0 Å². The molecule has 0 aromatic heterocycles. The van der Waals surface area contributed by atoms with Crippen LogP contribution in [0.25, 0.3) is 0 Å². The highest BCUT2D eigenvalue weighted by Gasteiger charge is 2.23. The molecule has 0 spiro atoms. The molecule has 1 unspecified atom stereocenters. The first-order valence-electron chi connectivity index (χ1n) is 1.70. The maximum absolute atomic E-state index is 11.8. The number of hydrogen-bond acceptors (Lipinski definition) is 1. The van der Waals surface area contributed by atoms with Gasteiger partial charge in [0.2, 0.25) is 6.17 Å². The highest BCUT2D eigenvalue weighted by atomic mass is 35.5. The molecule has 5 heteroatoms. The Morgan fingerprint density at radius 3 is 2.00 bits per heavy atom. The molecule has 0 bridgehead atoms. The second-order valence-electron chi connectivity index (χ2n) is 1.07. The van der Waals surface area contributed by atoms with E-state index in [2.05, 4.69) is 0 Å². The molecule has 0 aliphatic rings. The van der Waals surface area contributed by atoms with E-state index in [0.717, 1.165) is 0 Å². The summed E-state index contributed by atoms with van der Waals surface area (Å²) in [6.45, 7) is 0. The zero-order chi connectivity index (χ0) is 6.73. The average Bonchev–Trinajstić information content (AvgIpc) is 1.64. The van der Waals surface area contributed by atoms with Gasteiger partial charge in [0, 0.05) is 0 Å². The van der Waals surface area contributed by atoms with Crippen LogP contribution in [0, 0.1) is 0 Å². The first-order valence-corrected chi connectivity index (χ1v) is 2.58. The first-order chi connectivity index (χ1) is 3.55. The van der Waals surface area contributed by atoms with Crippen molar-refractivity contribution in [2.75, 3.05) is 0 Å². The van der Waals surface area contributed by atoms with E-state index in [1.807, 2.05) is 0 Å². The highest BCUT2D eigenvalue weighted by Crippen LogP contribution is 2.10. The van der Waals surface area contributed by atoms with E-state index < -0.39 is 17.0 Å². The monoisotopic (exact) mass is 160 g/mol. The topological polar surface area (TPSA) is 37.3 Å². The van der Waals surface area contributed by atoms with Crippen LogP contribution in [-0.2, 0) is 4.79 Å². The van der Waals surface area contributed by atoms with Crippen LogP contribution in [0.2, 0.25) is 0 Å². The molecule has 0 fully saturated rings. The van der Waals surface area contributed by atoms with Gasteiger partial charge in [0.1, 0.15) is 4.84 Å². The summed E-state index contributed by atoms with van der Waals surface area (Å²) < 4.78 is 11.8. The summed E-state index contributed by atoms with van der Waals surface area (Å²) >= 11 is 9.67. The lowest BCUT2D eigenvalue weighted by Crippen LogP contribution is -2.21. The Morgan fingerprint density at radius 1 is 1.62 bits per heavy atom. The van der Waals surface area contributed by atoms with Crippen LogP contribution < -0.4 is 0 Å². The fourth-order valence-electron chi connectivity index (χ4n) is 0.108. The normalized spacial score (nSPS) is 14.0. The van der Waals surface area contributed by atoms with E-state index in [1.54, 1.807) is 0 Å². The maximum atomic E-state index is 11.8. The van der Waals surface area contributed by atoms with Crippen molar-refractivity contribution in [3.8, 4) is 0 Å². The second-order valence-corrected chi connectivity index (χ2v) is 2.24. The van der Waals surface area contributed by atoms with Crippen LogP contribution in [0.1, 0.15) is 0 Å². The third kappa shape index (κ3) is 2.33. The number of aliphatic carboxylic acids is 1. The lowest BCUT2D eigenvalue weighted by molar-refractivity contribution is -0.142. The van der Waals surface area contributed by atoms with Crippen molar-refractivity contribution >= 4 is 29.2 Å². The van der Waals surface area contributed by atoms with E-state index in [0.29, 0.717) is 0 Å². The molecule has 8 heavy (non-hydrogen) atoms. The molecule has 0 radical (unpaired) electrons. The van der Waals surface area contributed by atoms with Crippen molar-refractivity contribution in [1.29, 1.82) is 0 Å². The van der Waals surface area contributed by atoms with Gasteiger partial charge in [0.15, 0.2) is 0 Å². The van der Waals surface area contributed by atoms with Crippen LogP contribution in [0.15, 0.2) is 0 Å². The molecule has 0 rings (SSSR count). The van der Waals surface area contributed by atoms with Gasteiger partial charge in [-0.3, -0.25) is 0 Å². The number of carboxylic acid groups (broad SMARTS) is 1. The van der Waals surface area contributed by atoms with Crippen molar-refractivity contribution in [3.05, 3.63) is 0 Å². The fraction of sp³-hybridized carbons (Fsp3) is 0.667. The first kappa shape index (κ1) is 7.98. The summed E-state index contributed by atoms with van der Waals surface area (Å²) in [6.07, 6.45) is -2.18. The SMILES string of the molecule is O=C(O)C(F)C(Cl)Cl. The summed E-state index contributed by atoms with van der Waals surface area (Å²) in [5, 5.41) is 7.81. The molecule has 2 nitrogen and oxygen atoms in total. The molecular formula is C3H3Cl2FO2. The molecule has 0 saturated carbocycles. The van der Waals surface area contributed by atoms with E-state index in [4.69, 9.17) is 28.3 Å². The van der Waals surface area contributed by atoms with Gasteiger partial charge in [0.25, 0.3) is 0 Å². The van der Waals surface area contributed by atoms with E-state index in [1.165, 1.54) is 0 Å². The largest absolute Gasteiger partial charge is 0.479 e. The smallest absolute Gasteiger partial charge is 0.341 e. The van der Waals surface area contributed by atoms with Gasteiger partial charge in [-0.05, 0) is 0 Å². The van der Waals surface area contributed by atoms with Crippen LogP contribution in [0.4, 0.5) is 4.39 Å². The van der Waals surface area contributed by atoms with Crippen molar-refractivity contribution in [3.63, 3.8) is 0 Å². The van der Waals surface area contributed by atoms with E-state index in [-0.39, 0.29) is 0 Å². The molecule has 0 saturated heterocycles. The van der Waals surface area contributed by atoms with Crippen molar-refractivity contribution in [1.82, 2.24) is 0 Å². The summed E-state index contributed by atoms with van der Waals surface area (Å²) in [5.41, 5.74) is 0. The fourth-order valence-corrected chi connectivity index (χ4v) is 0.323. The van der Waals surface area contributed by atoms with Crippen LogP contribution in [-0.4, -0.2) is 22.1 Å². The van der Waals surface area contributed by atoms with Gasteiger partial charge in [-0.15, -0.1) is 23.2 Å². The molecule has 0 aromatic rings. The predicted octanol–water partition coefficient (Wildman–Crippen LogP) is 1.21. The lowest BCUT2D eigenvalue weighted by atomic mass is 10.4. The van der Waals surface area contributed by atoms with Crippen LogP contribution >= 0.6 is 23.2 Å². The molecule has 0 amide bonds. The Labute approximate surface area is 55.2 Å². The molecule has 1 atom stereocenters. The van der Waals surface area contributed by atoms with E-state index in [9.17, 15) is 9.18 Å². The Kier molecular flexibility index (Phi) is 3.09. The number of alkyl halides is 3. The van der Waals surface area contributed by atoms with Crippen molar-refractivity contribution in [2.45, 2.75) is 11.0 Å². The van der Waals surface area contributed by atoms with Crippen LogP contribution in [0.5, 0.6) is 0 Å². The van der Waals surface area contributed by atoms with Gasteiger partial charge in [-0.1, -0.05) is 0 Å². The third-order valence-electron chi connectivity index (χ3n) is 0.457. The maximum Gasteiger partial charge on any atom is 0.341 e. The number of halogens is 3. The Balaban J connectivity index is 3.64. The van der Waals surface area contributed by atoms with Gasteiger partial charge in [0.05, 0.1) is 0 Å². The lowest BCUT2D eigenvalue weighted by Gasteiger charge is -1.99. The zero-order valence-corrected chi connectivity index (χ0v) is 5.16. The number of rotatable bonds is 2. The molecule has 1 N–H and O–H groups in total. The molecule has 48 valence electrons. The summed E-state index contributed by atoms with van der Waals surface area (Å²) in [5.74, 6) is -1.64. The Morgan fingerprint density at radius 2 is 2.00 bits per heavy atom. The minimum atomic E-state index is -2.18. The molecule has 0 aliphatic carbocycles. The Bertz CT molecular complexity index is 95.3. The molecule has 0 aromatic carbocycles. The molecular weight excluding hydrogens is 158 g/mol. The van der Waals surface area contributed by atoms with Crippen molar-refractivity contribution < 1.29 is 14.3 Å². The van der Waals surface area contributed by atoms with Gasteiger partial charge in [-0.2, -0.15) is 0 Å². The number of carbonyl (C=O) groups is 1. The van der Waals surface area contributed by atoms with Gasteiger partial charge in [-0.25, -0.2) is 9.18 Å². The van der Waals surface area contributed by atoms with Crippen molar-refractivity contribution in [2.24, 2.45) is 0 Å². The van der Waals surface area contributed by atoms with Gasteiger partial charge < -0.3 is 5.11 Å². The minimum Gasteiger partial charge on any atom is -0.479 e. The van der Waals surface area contributed by atoms with Gasteiger partial charge >= 0.3 is 5.97 Å².